The van der Waals surface area contributed by atoms with Crippen molar-refractivity contribution in [3.05, 3.63) is 54.1 Å². The van der Waals surface area contributed by atoms with Gasteiger partial charge in [0, 0.05) is 11.4 Å². The first-order valence-corrected chi connectivity index (χ1v) is 6.98. The molecule has 0 saturated carbocycles. The lowest BCUT2D eigenvalue weighted by molar-refractivity contribution is -0.0563. The number of halogens is 4. The summed E-state index contributed by atoms with van der Waals surface area (Å²) < 4.78 is 50.1. The highest BCUT2D eigenvalue weighted by atomic mass is 32.2. The highest BCUT2D eigenvalue weighted by molar-refractivity contribution is 8.00. The number of hydrogen-bond acceptors (Lipinski definition) is 2. The molecule has 0 aliphatic carbocycles. The van der Waals surface area contributed by atoms with Crippen molar-refractivity contribution in [1.29, 1.82) is 0 Å². The lowest BCUT2D eigenvalue weighted by Gasteiger charge is -2.14. The van der Waals surface area contributed by atoms with E-state index in [1.807, 2.05) is 24.3 Å². The van der Waals surface area contributed by atoms with Crippen LogP contribution in [-0.4, -0.2) is 11.7 Å². The summed E-state index contributed by atoms with van der Waals surface area (Å²) in [6, 6.07) is 13.6. The van der Waals surface area contributed by atoms with Crippen molar-refractivity contribution >= 4 is 11.8 Å². The van der Waals surface area contributed by atoms with E-state index in [4.69, 9.17) is 5.73 Å². The normalized spacial score (nSPS) is 11.9. The van der Waals surface area contributed by atoms with Gasteiger partial charge in [-0.1, -0.05) is 36.4 Å². The van der Waals surface area contributed by atoms with Crippen LogP contribution in [-0.2, 0) is 6.54 Å². The Kier molecular flexibility index (Phi) is 4.90. The van der Waals surface area contributed by atoms with E-state index in [0.29, 0.717) is 6.54 Å². The quantitative estimate of drug-likeness (QED) is 0.636. The highest BCUT2D eigenvalue weighted by Gasteiger charge is 2.41. The molecule has 0 heterocycles. The Labute approximate surface area is 124 Å². The minimum Gasteiger partial charge on any atom is -0.326 e. The Bertz CT molecular complexity index is 582. The van der Waals surface area contributed by atoms with Gasteiger partial charge in [-0.3, -0.25) is 0 Å². The van der Waals surface area contributed by atoms with Gasteiger partial charge in [-0.15, -0.1) is 0 Å². The van der Waals surface area contributed by atoms with Crippen molar-refractivity contribution in [3.8, 4) is 11.1 Å². The first-order valence-electron chi connectivity index (χ1n) is 6.17. The maximum absolute atomic E-state index is 12.9. The van der Waals surface area contributed by atoms with Crippen LogP contribution in [0.2, 0.25) is 0 Å². The Hall–Kier alpha value is -1.53. The Balaban J connectivity index is 2.14. The molecule has 2 aromatic carbocycles. The van der Waals surface area contributed by atoms with Crippen molar-refractivity contribution in [1.82, 2.24) is 0 Å². The molecule has 2 aromatic rings. The summed E-state index contributed by atoms with van der Waals surface area (Å²) in [5.41, 5.74) is 8.22. The van der Waals surface area contributed by atoms with E-state index in [2.05, 4.69) is 0 Å². The number of hydrogen-bond donors (Lipinski definition) is 1. The second-order valence-corrected chi connectivity index (χ2v) is 5.61. The van der Waals surface area contributed by atoms with Gasteiger partial charge in [0.2, 0.25) is 0 Å². The standard InChI is InChI=1S/C15H13F4NS/c16-14(17)15(18,19)21-13-7-5-12(6-8-13)11-3-1-10(9-20)2-4-11/h1-8,14H,9,20H2. The van der Waals surface area contributed by atoms with Gasteiger partial charge in [-0.2, -0.15) is 8.78 Å². The van der Waals surface area contributed by atoms with Gasteiger partial charge < -0.3 is 5.73 Å². The topological polar surface area (TPSA) is 26.0 Å². The summed E-state index contributed by atoms with van der Waals surface area (Å²) in [6.07, 6.45) is -3.69. The summed E-state index contributed by atoms with van der Waals surface area (Å²) in [7, 11) is 0. The van der Waals surface area contributed by atoms with Gasteiger partial charge in [-0.05, 0) is 40.6 Å². The summed E-state index contributed by atoms with van der Waals surface area (Å²) in [5.74, 6) is 0. The van der Waals surface area contributed by atoms with Gasteiger partial charge >= 0.3 is 11.7 Å². The SMILES string of the molecule is NCc1ccc(-c2ccc(SC(F)(F)C(F)F)cc2)cc1. The van der Waals surface area contributed by atoms with Crippen LogP contribution >= 0.6 is 11.8 Å². The third kappa shape index (κ3) is 3.98. The lowest BCUT2D eigenvalue weighted by Crippen LogP contribution is -2.21. The van der Waals surface area contributed by atoms with Crippen LogP contribution in [0.5, 0.6) is 0 Å². The van der Waals surface area contributed by atoms with E-state index in [1.165, 1.54) is 12.1 Å². The molecule has 0 spiro atoms. The van der Waals surface area contributed by atoms with Crippen molar-refractivity contribution in [3.63, 3.8) is 0 Å². The van der Waals surface area contributed by atoms with Gasteiger partial charge in [0.25, 0.3) is 0 Å². The van der Waals surface area contributed by atoms with Crippen LogP contribution < -0.4 is 5.73 Å². The smallest absolute Gasteiger partial charge is 0.326 e. The van der Waals surface area contributed by atoms with E-state index < -0.39 is 11.7 Å². The van der Waals surface area contributed by atoms with E-state index >= 15 is 0 Å². The molecule has 6 heteroatoms. The maximum atomic E-state index is 12.9. The Morgan fingerprint density at radius 2 is 1.38 bits per heavy atom. The molecule has 112 valence electrons. The van der Waals surface area contributed by atoms with E-state index in [0.717, 1.165) is 16.7 Å². The molecule has 2 rings (SSSR count). The van der Waals surface area contributed by atoms with Gasteiger partial charge in [0.05, 0.1) is 0 Å². The monoisotopic (exact) mass is 315 g/mol. The first-order chi connectivity index (χ1) is 9.92. The van der Waals surface area contributed by atoms with Crippen LogP contribution in [0.4, 0.5) is 17.6 Å². The van der Waals surface area contributed by atoms with Gasteiger partial charge in [0.15, 0.2) is 0 Å². The van der Waals surface area contributed by atoms with Gasteiger partial charge in [-0.25, -0.2) is 8.78 Å². The molecule has 0 aromatic heterocycles. The fourth-order valence-corrected chi connectivity index (χ4v) is 2.43. The molecule has 0 fully saturated rings. The van der Waals surface area contributed by atoms with Crippen molar-refractivity contribution in [2.45, 2.75) is 23.1 Å². The zero-order chi connectivity index (χ0) is 15.5. The van der Waals surface area contributed by atoms with Crippen LogP contribution in [0.3, 0.4) is 0 Å². The summed E-state index contributed by atoms with van der Waals surface area (Å²) in [4.78, 5) is 0.0997. The fourth-order valence-electron chi connectivity index (χ4n) is 1.75. The molecule has 0 aliphatic heterocycles. The van der Waals surface area contributed by atoms with Crippen LogP contribution in [0.15, 0.2) is 53.4 Å². The van der Waals surface area contributed by atoms with Gasteiger partial charge in [0.1, 0.15) is 0 Å². The third-order valence-corrected chi connectivity index (χ3v) is 3.84. The lowest BCUT2D eigenvalue weighted by atomic mass is 10.0. The molecule has 0 radical (unpaired) electrons. The molecule has 1 nitrogen and oxygen atoms in total. The first kappa shape index (κ1) is 15.9. The minimum absolute atomic E-state index is 0.0997. The highest BCUT2D eigenvalue weighted by Crippen LogP contribution is 2.40. The van der Waals surface area contributed by atoms with E-state index in [-0.39, 0.29) is 16.7 Å². The van der Waals surface area contributed by atoms with Crippen LogP contribution in [0, 0.1) is 0 Å². The number of rotatable bonds is 5. The molecule has 2 N–H and O–H groups in total. The van der Waals surface area contributed by atoms with Crippen molar-refractivity contribution in [2.24, 2.45) is 5.73 Å². The predicted molar refractivity (Wildman–Crippen MR) is 76.6 cm³/mol. The van der Waals surface area contributed by atoms with Crippen molar-refractivity contribution in [2.75, 3.05) is 0 Å². The molecule has 0 aliphatic rings. The Morgan fingerprint density at radius 1 is 0.905 bits per heavy atom. The van der Waals surface area contributed by atoms with E-state index in [1.54, 1.807) is 12.1 Å². The molecule has 0 unspecified atom stereocenters. The third-order valence-electron chi connectivity index (χ3n) is 2.89. The average molecular weight is 315 g/mol. The number of alkyl halides is 4. The minimum atomic E-state index is -4.08. The van der Waals surface area contributed by atoms with E-state index in [9.17, 15) is 17.6 Å². The van der Waals surface area contributed by atoms with Crippen LogP contribution in [0.1, 0.15) is 5.56 Å². The molecular formula is C15H13F4NS. The molecular weight excluding hydrogens is 302 g/mol. The second-order valence-electron chi connectivity index (χ2n) is 4.39. The molecule has 0 saturated heterocycles. The molecule has 0 amide bonds. The van der Waals surface area contributed by atoms with Crippen molar-refractivity contribution < 1.29 is 17.6 Å². The summed E-state index contributed by atoms with van der Waals surface area (Å²) >= 11 is -0.136. The zero-order valence-corrected chi connectivity index (χ0v) is 11.7. The average Bonchev–Trinajstić information content (AvgIpc) is 2.48. The number of benzene rings is 2. The Morgan fingerprint density at radius 3 is 1.81 bits per heavy atom. The van der Waals surface area contributed by atoms with Crippen LogP contribution in [0.25, 0.3) is 11.1 Å². The zero-order valence-electron chi connectivity index (χ0n) is 10.9. The second kappa shape index (κ2) is 6.49. The summed E-state index contributed by atoms with van der Waals surface area (Å²) in [5, 5.41) is -4.08. The number of nitrogens with two attached hydrogens (primary N) is 1. The predicted octanol–water partition coefficient (Wildman–Crippen LogP) is 4.76. The molecule has 21 heavy (non-hydrogen) atoms. The molecule has 0 bridgehead atoms. The summed E-state index contributed by atoms with van der Waals surface area (Å²) in [6.45, 7) is 0.443. The number of thioether (sulfide) groups is 1. The molecule has 0 atom stereocenters. The fraction of sp³-hybridized carbons (Fsp3) is 0.200. The maximum Gasteiger partial charge on any atom is 0.357 e. The largest absolute Gasteiger partial charge is 0.357 e.